The predicted octanol–water partition coefficient (Wildman–Crippen LogP) is 4.75. The Bertz CT molecular complexity index is 1520. The molecule has 9 nitrogen and oxygen atoms in total. The second-order valence-electron chi connectivity index (χ2n) is 9.49. The molecule has 0 unspecified atom stereocenters. The highest BCUT2D eigenvalue weighted by atomic mass is 16.5. The van der Waals surface area contributed by atoms with Crippen LogP contribution < -0.4 is 14.8 Å². The standard InChI is InChI=1S/C33H30N2O7/c1-41-28-15-7-24(8-16-28)19-30(36)34-27-13-11-26(12-14-27)33(40)35(22-31(37)38)21-25-9-17-29(18-10-25)42-32(39)20-23-5-3-2-4-6-23/h2-18H,19-22H2,1H3,(H,34,36)(H,37,38). The number of ether oxygens (including phenoxy) is 2. The Labute approximate surface area is 243 Å². The Morgan fingerprint density at radius 1 is 0.714 bits per heavy atom. The number of hydrogen-bond donors (Lipinski definition) is 2. The second kappa shape index (κ2) is 14.3. The van der Waals surface area contributed by atoms with E-state index in [9.17, 15) is 24.3 Å². The molecule has 0 aliphatic heterocycles. The number of carboxylic acid groups (broad SMARTS) is 1. The van der Waals surface area contributed by atoms with Gasteiger partial charge in [0, 0.05) is 17.8 Å². The number of carbonyl (C=O) groups excluding carboxylic acids is 3. The zero-order valence-corrected chi connectivity index (χ0v) is 23.0. The van der Waals surface area contributed by atoms with E-state index in [0.717, 1.165) is 11.1 Å². The molecule has 0 fully saturated rings. The Hall–Kier alpha value is -5.44. The quantitative estimate of drug-likeness (QED) is 0.187. The minimum Gasteiger partial charge on any atom is -0.497 e. The summed E-state index contributed by atoms with van der Waals surface area (Å²) in [6.45, 7) is -0.475. The zero-order valence-electron chi connectivity index (χ0n) is 23.0. The number of rotatable bonds is 12. The maximum atomic E-state index is 13.2. The Balaban J connectivity index is 1.34. The van der Waals surface area contributed by atoms with E-state index in [1.165, 1.54) is 17.0 Å². The highest BCUT2D eigenvalue weighted by Gasteiger charge is 2.19. The number of amides is 2. The van der Waals surface area contributed by atoms with E-state index in [4.69, 9.17) is 9.47 Å². The summed E-state index contributed by atoms with van der Waals surface area (Å²) in [6.07, 6.45) is 0.302. The molecule has 4 rings (SSSR count). The molecule has 0 saturated carbocycles. The van der Waals surface area contributed by atoms with E-state index in [0.29, 0.717) is 22.7 Å². The van der Waals surface area contributed by atoms with Gasteiger partial charge in [-0.25, -0.2) is 0 Å². The average Bonchev–Trinajstić information content (AvgIpc) is 2.98. The van der Waals surface area contributed by atoms with Gasteiger partial charge in [0.15, 0.2) is 0 Å². The van der Waals surface area contributed by atoms with Crippen molar-refractivity contribution in [1.82, 2.24) is 4.90 Å². The third-order valence-corrected chi connectivity index (χ3v) is 6.27. The number of benzene rings is 4. The summed E-state index contributed by atoms with van der Waals surface area (Å²) in [7, 11) is 1.57. The van der Waals surface area contributed by atoms with E-state index >= 15 is 0 Å². The molecule has 0 aliphatic carbocycles. The van der Waals surface area contributed by atoms with Gasteiger partial charge in [0.05, 0.1) is 20.0 Å². The Kier molecular flexibility index (Phi) is 10.0. The van der Waals surface area contributed by atoms with Crippen LogP contribution in [-0.2, 0) is 33.8 Å². The molecule has 2 amide bonds. The van der Waals surface area contributed by atoms with Gasteiger partial charge in [0.2, 0.25) is 5.91 Å². The average molecular weight is 567 g/mol. The van der Waals surface area contributed by atoms with Crippen molar-refractivity contribution >= 4 is 29.4 Å². The van der Waals surface area contributed by atoms with Crippen LogP contribution in [0, 0.1) is 0 Å². The number of carbonyl (C=O) groups is 4. The van der Waals surface area contributed by atoms with Crippen molar-refractivity contribution in [2.75, 3.05) is 19.0 Å². The third kappa shape index (κ3) is 8.79. The van der Waals surface area contributed by atoms with Crippen LogP contribution in [0.3, 0.4) is 0 Å². The SMILES string of the molecule is COc1ccc(CC(=O)Nc2ccc(C(=O)N(CC(=O)O)Cc3ccc(OC(=O)Cc4ccccc4)cc3)cc2)cc1. The van der Waals surface area contributed by atoms with Crippen LogP contribution in [0.4, 0.5) is 5.69 Å². The molecule has 0 saturated heterocycles. The van der Waals surface area contributed by atoms with Gasteiger partial charge in [-0.05, 0) is 65.2 Å². The summed E-state index contributed by atoms with van der Waals surface area (Å²) in [5.41, 5.74) is 3.10. The largest absolute Gasteiger partial charge is 0.497 e. The number of carboxylic acids is 1. The fraction of sp³-hybridized carbons (Fsp3) is 0.152. The fourth-order valence-electron chi connectivity index (χ4n) is 4.19. The van der Waals surface area contributed by atoms with Gasteiger partial charge in [-0.15, -0.1) is 0 Å². The molecule has 0 aromatic heterocycles. The zero-order chi connectivity index (χ0) is 29.9. The number of methoxy groups -OCH3 is 1. The molecule has 0 bridgehead atoms. The summed E-state index contributed by atoms with van der Waals surface area (Å²) in [5, 5.41) is 12.2. The van der Waals surface area contributed by atoms with Crippen molar-refractivity contribution in [3.05, 3.63) is 125 Å². The number of nitrogens with zero attached hydrogens (tertiary/aromatic N) is 1. The van der Waals surface area contributed by atoms with Gasteiger partial charge < -0.3 is 24.8 Å². The first-order valence-electron chi connectivity index (χ1n) is 13.2. The lowest BCUT2D eigenvalue weighted by atomic mass is 10.1. The summed E-state index contributed by atoms with van der Waals surface area (Å²) < 4.78 is 10.5. The van der Waals surface area contributed by atoms with Gasteiger partial charge in [-0.3, -0.25) is 19.2 Å². The minimum atomic E-state index is -1.16. The molecule has 0 spiro atoms. The number of nitrogens with one attached hydrogen (secondary N) is 1. The third-order valence-electron chi connectivity index (χ3n) is 6.27. The number of esters is 1. The first-order chi connectivity index (χ1) is 20.3. The van der Waals surface area contributed by atoms with Crippen LogP contribution in [0.25, 0.3) is 0 Å². The van der Waals surface area contributed by atoms with Crippen molar-refractivity contribution in [2.45, 2.75) is 19.4 Å². The first-order valence-corrected chi connectivity index (χ1v) is 13.2. The van der Waals surface area contributed by atoms with Crippen molar-refractivity contribution in [3.63, 3.8) is 0 Å². The molecule has 42 heavy (non-hydrogen) atoms. The van der Waals surface area contributed by atoms with Gasteiger partial charge in [0.1, 0.15) is 18.0 Å². The minimum absolute atomic E-state index is 0.0315. The second-order valence-corrected chi connectivity index (χ2v) is 9.49. The summed E-state index contributed by atoms with van der Waals surface area (Å²) in [5.74, 6) is -1.21. The smallest absolute Gasteiger partial charge is 0.323 e. The van der Waals surface area contributed by atoms with Crippen LogP contribution in [0.2, 0.25) is 0 Å². The van der Waals surface area contributed by atoms with Gasteiger partial charge in [-0.1, -0.05) is 54.6 Å². The summed E-state index contributed by atoms with van der Waals surface area (Å²) >= 11 is 0. The normalized spacial score (nSPS) is 10.4. The molecular weight excluding hydrogens is 536 g/mol. The van der Waals surface area contributed by atoms with E-state index in [-0.39, 0.29) is 30.9 Å². The van der Waals surface area contributed by atoms with Gasteiger partial charge in [0.25, 0.3) is 5.91 Å². The van der Waals surface area contributed by atoms with Crippen molar-refractivity contribution in [1.29, 1.82) is 0 Å². The van der Waals surface area contributed by atoms with Gasteiger partial charge in [-0.2, -0.15) is 0 Å². The predicted molar refractivity (Wildman–Crippen MR) is 156 cm³/mol. The summed E-state index contributed by atoms with van der Waals surface area (Å²) in [6, 6.07) is 29.2. The molecule has 0 heterocycles. The van der Waals surface area contributed by atoms with E-state index in [1.54, 1.807) is 55.6 Å². The van der Waals surface area contributed by atoms with Crippen molar-refractivity contribution in [3.8, 4) is 11.5 Å². The van der Waals surface area contributed by atoms with Crippen LogP contribution >= 0.6 is 0 Å². The molecule has 214 valence electrons. The lowest BCUT2D eigenvalue weighted by Crippen LogP contribution is -2.35. The number of anilines is 1. The summed E-state index contributed by atoms with van der Waals surface area (Å²) in [4.78, 5) is 50.6. The maximum absolute atomic E-state index is 13.2. The lowest BCUT2D eigenvalue weighted by Gasteiger charge is -2.21. The molecular formula is C33H30N2O7. The highest BCUT2D eigenvalue weighted by molar-refractivity contribution is 5.97. The number of aliphatic carboxylic acids is 1. The highest BCUT2D eigenvalue weighted by Crippen LogP contribution is 2.18. The van der Waals surface area contributed by atoms with Crippen LogP contribution in [0.15, 0.2) is 103 Å². The van der Waals surface area contributed by atoms with Gasteiger partial charge >= 0.3 is 11.9 Å². The molecule has 0 aliphatic rings. The topological polar surface area (TPSA) is 122 Å². The van der Waals surface area contributed by atoms with Crippen LogP contribution in [0.1, 0.15) is 27.0 Å². The lowest BCUT2D eigenvalue weighted by molar-refractivity contribution is -0.138. The van der Waals surface area contributed by atoms with Crippen molar-refractivity contribution < 1.29 is 33.8 Å². The van der Waals surface area contributed by atoms with E-state index in [1.807, 2.05) is 42.5 Å². The van der Waals surface area contributed by atoms with E-state index in [2.05, 4.69) is 5.32 Å². The monoisotopic (exact) mass is 566 g/mol. The Morgan fingerprint density at radius 2 is 1.31 bits per heavy atom. The fourth-order valence-corrected chi connectivity index (χ4v) is 4.19. The maximum Gasteiger partial charge on any atom is 0.323 e. The Morgan fingerprint density at radius 3 is 1.93 bits per heavy atom. The van der Waals surface area contributed by atoms with Crippen LogP contribution in [0.5, 0.6) is 11.5 Å². The first kappa shape index (κ1) is 29.5. The molecule has 0 atom stereocenters. The molecule has 2 N–H and O–H groups in total. The van der Waals surface area contributed by atoms with Crippen molar-refractivity contribution in [2.24, 2.45) is 0 Å². The van der Waals surface area contributed by atoms with Crippen LogP contribution in [-0.4, -0.2) is 47.4 Å². The molecule has 4 aromatic rings. The molecule has 4 aromatic carbocycles. The number of hydrogen-bond acceptors (Lipinski definition) is 6. The molecule has 0 radical (unpaired) electrons. The van der Waals surface area contributed by atoms with E-state index < -0.39 is 24.4 Å². The molecule has 9 heteroatoms.